The van der Waals surface area contributed by atoms with Crippen LogP contribution in [0.25, 0.3) is 0 Å². The molecule has 1 heterocycles. The average Bonchev–Trinajstić information content (AvgIpc) is 3.10. The van der Waals surface area contributed by atoms with Crippen molar-refractivity contribution < 1.29 is 14.0 Å². The topological polar surface area (TPSA) is 97.4 Å². The van der Waals surface area contributed by atoms with Crippen LogP contribution in [0.2, 0.25) is 0 Å². The van der Waals surface area contributed by atoms with E-state index in [0.717, 1.165) is 25.7 Å². The number of amides is 2. The van der Waals surface area contributed by atoms with Crippen molar-refractivity contribution in [3.05, 3.63) is 24.2 Å². The number of rotatable bonds is 6. The molecular formula is C14H21N3O3. The van der Waals surface area contributed by atoms with Crippen LogP contribution in [0.15, 0.2) is 22.8 Å². The third kappa shape index (κ3) is 3.60. The molecule has 1 aromatic heterocycles. The first-order chi connectivity index (χ1) is 9.65. The van der Waals surface area contributed by atoms with Crippen molar-refractivity contribution in [3.63, 3.8) is 0 Å². The van der Waals surface area contributed by atoms with Gasteiger partial charge < -0.3 is 20.8 Å². The maximum absolute atomic E-state index is 11.9. The average molecular weight is 279 g/mol. The van der Waals surface area contributed by atoms with E-state index in [0.29, 0.717) is 6.54 Å². The highest BCUT2D eigenvalue weighted by molar-refractivity contribution is 5.91. The monoisotopic (exact) mass is 279 g/mol. The molecule has 4 N–H and O–H groups in total. The van der Waals surface area contributed by atoms with Crippen molar-refractivity contribution in [2.24, 2.45) is 5.73 Å². The van der Waals surface area contributed by atoms with Crippen molar-refractivity contribution in [1.82, 2.24) is 10.6 Å². The maximum Gasteiger partial charge on any atom is 0.286 e. The predicted octanol–water partition coefficient (Wildman–Crippen LogP) is 0.787. The summed E-state index contributed by atoms with van der Waals surface area (Å²) in [6, 6.07) is 3.23. The molecule has 0 bridgehead atoms. The largest absolute Gasteiger partial charge is 0.459 e. The molecular weight excluding hydrogens is 258 g/mol. The van der Waals surface area contributed by atoms with Gasteiger partial charge in [0.25, 0.3) is 5.91 Å². The van der Waals surface area contributed by atoms with E-state index in [1.807, 2.05) is 0 Å². The van der Waals surface area contributed by atoms with E-state index in [2.05, 4.69) is 10.6 Å². The number of furan rings is 1. The van der Waals surface area contributed by atoms with Gasteiger partial charge in [-0.1, -0.05) is 12.8 Å². The minimum absolute atomic E-state index is 0.0721. The summed E-state index contributed by atoms with van der Waals surface area (Å²) < 4.78 is 4.96. The number of hydrogen-bond donors (Lipinski definition) is 3. The van der Waals surface area contributed by atoms with Gasteiger partial charge in [0.1, 0.15) is 0 Å². The Hall–Kier alpha value is -1.82. The second-order valence-electron chi connectivity index (χ2n) is 5.22. The van der Waals surface area contributed by atoms with E-state index >= 15 is 0 Å². The molecule has 1 fully saturated rings. The fourth-order valence-corrected chi connectivity index (χ4v) is 2.57. The molecule has 1 aromatic rings. The van der Waals surface area contributed by atoms with E-state index in [9.17, 15) is 9.59 Å². The van der Waals surface area contributed by atoms with Crippen LogP contribution in [-0.4, -0.2) is 30.4 Å². The van der Waals surface area contributed by atoms with Crippen LogP contribution in [0, 0.1) is 0 Å². The second kappa shape index (κ2) is 6.56. The SMILES string of the molecule is NCC1(NC(=O)CCNC(=O)c2ccco2)CCCC1. The summed E-state index contributed by atoms with van der Waals surface area (Å²) in [6.45, 7) is 0.753. The molecule has 0 radical (unpaired) electrons. The van der Waals surface area contributed by atoms with Gasteiger partial charge in [-0.2, -0.15) is 0 Å². The fraction of sp³-hybridized carbons (Fsp3) is 0.571. The highest BCUT2D eigenvalue weighted by Gasteiger charge is 2.33. The zero-order valence-corrected chi connectivity index (χ0v) is 11.5. The van der Waals surface area contributed by atoms with Gasteiger partial charge in [-0.05, 0) is 25.0 Å². The number of nitrogens with two attached hydrogens (primary N) is 1. The molecule has 0 atom stereocenters. The van der Waals surface area contributed by atoms with Gasteiger partial charge in [-0.25, -0.2) is 0 Å². The predicted molar refractivity (Wildman–Crippen MR) is 74.1 cm³/mol. The Balaban J connectivity index is 1.71. The zero-order chi connectivity index (χ0) is 14.4. The fourth-order valence-electron chi connectivity index (χ4n) is 2.57. The number of carbonyl (C=O) groups is 2. The normalized spacial score (nSPS) is 16.9. The minimum atomic E-state index is -0.308. The molecule has 110 valence electrons. The van der Waals surface area contributed by atoms with Gasteiger partial charge in [0.05, 0.1) is 11.8 Å². The maximum atomic E-state index is 11.9. The molecule has 0 aliphatic heterocycles. The molecule has 0 unspecified atom stereocenters. The summed E-state index contributed by atoms with van der Waals surface area (Å²) in [7, 11) is 0. The molecule has 2 amide bonds. The Morgan fingerprint density at radius 3 is 2.70 bits per heavy atom. The second-order valence-corrected chi connectivity index (χ2v) is 5.22. The summed E-state index contributed by atoms with van der Waals surface area (Å²) in [6.07, 6.45) is 5.77. The Bertz CT molecular complexity index is 450. The first-order valence-corrected chi connectivity index (χ1v) is 6.98. The summed E-state index contributed by atoms with van der Waals surface area (Å²) >= 11 is 0. The first kappa shape index (κ1) is 14.6. The van der Waals surface area contributed by atoms with Crippen LogP contribution in [0.1, 0.15) is 42.7 Å². The van der Waals surface area contributed by atoms with E-state index in [4.69, 9.17) is 10.2 Å². The summed E-state index contributed by atoms with van der Waals surface area (Å²) in [5.74, 6) is -0.131. The molecule has 0 aromatic carbocycles. The minimum Gasteiger partial charge on any atom is -0.459 e. The number of carbonyl (C=O) groups excluding carboxylic acids is 2. The lowest BCUT2D eigenvalue weighted by Crippen LogP contribution is -2.52. The molecule has 0 spiro atoms. The van der Waals surface area contributed by atoms with Crippen LogP contribution < -0.4 is 16.4 Å². The lowest BCUT2D eigenvalue weighted by molar-refractivity contribution is -0.122. The molecule has 1 saturated carbocycles. The van der Waals surface area contributed by atoms with Crippen LogP contribution in [0.4, 0.5) is 0 Å². The Morgan fingerprint density at radius 2 is 2.10 bits per heavy atom. The van der Waals surface area contributed by atoms with Gasteiger partial charge in [0, 0.05) is 19.5 Å². The summed E-state index contributed by atoms with van der Waals surface area (Å²) in [4.78, 5) is 23.5. The van der Waals surface area contributed by atoms with E-state index in [-0.39, 0.29) is 36.1 Å². The van der Waals surface area contributed by atoms with Crippen LogP contribution >= 0.6 is 0 Å². The Kier molecular flexibility index (Phi) is 4.79. The third-order valence-corrected chi connectivity index (χ3v) is 3.74. The third-order valence-electron chi connectivity index (χ3n) is 3.74. The number of nitrogens with one attached hydrogen (secondary N) is 2. The van der Waals surface area contributed by atoms with Gasteiger partial charge in [0.2, 0.25) is 5.91 Å². The van der Waals surface area contributed by atoms with Crippen LogP contribution in [0.3, 0.4) is 0 Å². The first-order valence-electron chi connectivity index (χ1n) is 6.98. The highest BCUT2D eigenvalue weighted by atomic mass is 16.3. The molecule has 6 heteroatoms. The molecule has 6 nitrogen and oxygen atoms in total. The molecule has 2 rings (SSSR count). The van der Waals surface area contributed by atoms with E-state index in [1.54, 1.807) is 12.1 Å². The molecule has 0 saturated heterocycles. The van der Waals surface area contributed by atoms with Crippen molar-refractivity contribution in [3.8, 4) is 0 Å². The number of hydrogen-bond acceptors (Lipinski definition) is 4. The van der Waals surface area contributed by atoms with Gasteiger partial charge in [-0.3, -0.25) is 9.59 Å². The van der Waals surface area contributed by atoms with Gasteiger partial charge in [0.15, 0.2) is 5.76 Å². The van der Waals surface area contributed by atoms with Gasteiger partial charge >= 0.3 is 0 Å². The quantitative estimate of drug-likeness (QED) is 0.717. The molecule has 1 aliphatic rings. The standard InChI is InChI=1S/C14H21N3O3/c15-10-14(6-1-2-7-14)17-12(18)5-8-16-13(19)11-4-3-9-20-11/h3-4,9H,1-2,5-8,10,15H2,(H,16,19)(H,17,18). The van der Waals surface area contributed by atoms with Crippen molar-refractivity contribution in [1.29, 1.82) is 0 Å². The van der Waals surface area contributed by atoms with E-state index in [1.165, 1.54) is 6.26 Å². The van der Waals surface area contributed by atoms with E-state index < -0.39 is 0 Å². The van der Waals surface area contributed by atoms with Crippen LogP contribution in [0.5, 0.6) is 0 Å². The highest BCUT2D eigenvalue weighted by Crippen LogP contribution is 2.28. The van der Waals surface area contributed by atoms with Crippen LogP contribution in [-0.2, 0) is 4.79 Å². The molecule has 1 aliphatic carbocycles. The van der Waals surface area contributed by atoms with Crippen molar-refractivity contribution >= 4 is 11.8 Å². The Morgan fingerprint density at radius 1 is 1.35 bits per heavy atom. The lowest BCUT2D eigenvalue weighted by Gasteiger charge is -2.28. The van der Waals surface area contributed by atoms with Crippen molar-refractivity contribution in [2.75, 3.05) is 13.1 Å². The van der Waals surface area contributed by atoms with Gasteiger partial charge in [-0.15, -0.1) is 0 Å². The lowest BCUT2D eigenvalue weighted by atomic mass is 9.97. The smallest absolute Gasteiger partial charge is 0.286 e. The van der Waals surface area contributed by atoms with Crippen molar-refractivity contribution in [2.45, 2.75) is 37.6 Å². The zero-order valence-electron chi connectivity index (χ0n) is 11.5. The molecule has 20 heavy (non-hydrogen) atoms. The summed E-state index contributed by atoms with van der Waals surface area (Å²) in [5.41, 5.74) is 5.53. The summed E-state index contributed by atoms with van der Waals surface area (Å²) in [5, 5.41) is 5.66. The Labute approximate surface area is 118 Å².